The third-order valence-electron chi connectivity index (χ3n) is 4.29. The van der Waals surface area contributed by atoms with Gasteiger partial charge >= 0.3 is 6.09 Å². The molecule has 0 bridgehead atoms. The molecule has 2 aliphatic rings. The zero-order valence-corrected chi connectivity index (χ0v) is 9.71. The number of nitrogens with one attached hydrogen (secondary N) is 1. The van der Waals surface area contributed by atoms with Crippen LogP contribution in [0.3, 0.4) is 0 Å². The minimum Gasteiger partial charge on any atom is -0.465 e. The number of rotatable bonds is 0. The van der Waals surface area contributed by atoms with Gasteiger partial charge in [-0.1, -0.05) is 20.8 Å². The van der Waals surface area contributed by atoms with E-state index in [1.54, 1.807) is 4.90 Å². The van der Waals surface area contributed by atoms with Crippen LogP contribution in [0, 0.1) is 10.8 Å². The quantitative estimate of drug-likeness (QED) is 0.637. The van der Waals surface area contributed by atoms with Crippen molar-refractivity contribution in [1.29, 1.82) is 0 Å². The fourth-order valence-electron chi connectivity index (χ4n) is 3.12. The third kappa shape index (κ3) is 1.34. The molecule has 2 aliphatic heterocycles. The Kier molecular flexibility index (Phi) is 2.23. The van der Waals surface area contributed by atoms with E-state index in [0.29, 0.717) is 6.54 Å². The predicted molar refractivity (Wildman–Crippen MR) is 57.9 cm³/mol. The molecular formula is C11H20N2O2. The van der Waals surface area contributed by atoms with Crippen LogP contribution in [0.1, 0.15) is 27.2 Å². The second-order valence-electron chi connectivity index (χ2n) is 5.79. The standard InChI is InChI=1S/C11H20N2O2/c1-10(2,3)11-4-5-12-6-8(11)13(7-11)9(14)15/h8,12H,4-7H2,1-3H3,(H,14,15)/t8-,11?/m1/s1. The van der Waals surface area contributed by atoms with E-state index in [0.717, 1.165) is 19.5 Å². The summed E-state index contributed by atoms with van der Waals surface area (Å²) in [5.74, 6) is 0. The summed E-state index contributed by atoms with van der Waals surface area (Å²) in [4.78, 5) is 12.6. The lowest BCUT2D eigenvalue weighted by atomic mass is 9.54. The van der Waals surface area contributed by atoms with Crippen LogP contribution in [0.25, 0.3) is 0 Å². The summed E-state index contributed by atoms with van der Waals surface area (Å²) in [6, 6.07) is 0.170. The van der Waals surface area contributed by atoms with Crippen molar-refractivity contribution < 1.29 is 9.90 Å². The van der Waals surface area contributed by atoms with E-state index in [1.165, 1.54) is 0 Å². The molecule has 2 rings (SSSR count). The van der Waals surface area contributed by atoms with Crippen LogP contribution < -0.4 is 5.32 Å². The molecule has 2 saturated heterocycles. The first-order valence-corrected chi connectivity index (χ1v) is 5.59. The smallest absolute Gasteiger partial charge is 0.407 e. The average molecular weight is 212 g/mol. The average Bonchev–Trinajstić information content (AvgIpc) is 2.04. The number of piperidine rings is 1. The van der Waals surface area contributed by atoms with Gasteiger partial charge in [0.05, 0.1) is 6.04 Å². The van der Waals surface area contributed by atoms with Gasteiger partial charge in [0.25, 0.3) is 0 Å². The molecule has 0 radical (unpaired) electrons. The van der Waals surface area contributed by atoms with Crippen molar-refractivity contribution >= 4 is 6.09 Å². The fourth-order valence-corrected chi connectivity index (χ4v) is 3.12. The Hall–Kier alpha value is -0.770. The number of nitrogens with zero attached hydrogens (tertiary/aromatic N) is 1. The Morgan fingerprint density at radius 3 is 2.73 bits per heavy atom. The summed E-state index contributed by atoms with van der Waals surface area (Å²) in [5.41, 5.74) is 0.377. The number of hydrogen-bond acceptors (Lipinski definition) is 2. The van der Waals surface area contributed by atoms with E-state index in [4.69, 9.17) is 5.11 Å². The zero-order valence-electron chi connectivity index (χ0n) is 9.71. The Balaban J connectivity index is 2.22. The van der Waals surface area contributed by atoms with Crippen LogP contribution in [0.5, 0.6) is 0 Å². The minimum absolute atomic E-state index is 0.170. The van der Waals surface area contributed by atoms with Crippen molar-refractivity contribution in [3.8, 4) is 0 Å². The second kappa shape index (κ2) is 3.11. The molecule has 0 aromatic rings. The molecule has 2 fully saturated rings. The highest BCUT2D eigenvalue weighted by Crippen LogP contribution is 2.54. The highest BCUT2D eigenvalue weighted by atomic mass is 16.4. The van der Waals surface area contributed by atoms with Crippen LogP contribution in [-0.2, 0) is 0 Å². The number of carbonyl (C=O) groups is 1. The second-order valence-corrected chi connectivity index (χ2v) is 5.79. The van der Waals surface area contributed by atoms with Crippen LogP contribution in [0.4, 0.5) is 4.79 Å². The lowest BCUT2D eigenvalue weighted by molar-refractivity contribution is -0.139. The number of likely N-dealkylation sites (tertiary alicyclic amines) is 1. The first-order chi connectivity index (χ1) is 6.88. The minimum atomic E-state index is -0.774. The van der Waals surface area contributed by atoms with Crippen LogP contribution in [-0.4, -0.2) is 41.8 Å². The molecule has 0 aromatic heterocycles. The molecule has 1 unspecified atom stereocenters. The van der Waals surface area contributed by atoms with Gasteiger partial charge in [-0.15, -0.1) is 0 Å². The maximum absolute atomic E-state index is 11.0. The van der Waals surface area contributed by atoms with Crippen LogP contribution >= 0.6 is 0 Å². The largest absolute Gasteiger partial charge is 0.465 e. The van der Waals surface area contributed by atoms with Gasteiger partial charge in [-0.3, -0.25) is 0 Å². The SMILES string of the molecule is CC(C)(C)C12CCNC[C@H]1N(C(=O)O)C2. The molecule has 4 heteroatoms. The van der Waals surface area contributed by atoms with E-state index < -0.39 is 6.09 Å². The van der Waals surface area contributed by atoms with Crippen molar-refractivity contribution in [2.45, 2.75) is 33.2 Å². The molecule has 86 valence electrons. The predicted octanol–water partition coefficient (Wildman–Crippen LogP) is 1.37. The topological polar surface area (TPSA) is 52.6 Å². The van der Waals surface area contributed by atoms with Gasteiger partial charge in [0.1, 0.15) is 0 Å². The Morgan fingerprint density at radius 1 is 1.53 bits per heavy atom. The van der Waals surface area contributed by atoms with Gasteiger partial charge in [-0.05, 0) is 18.4 Å². The van der Waals surface area contributed by atoms with Gasteiger partial charge in [-0.25, -0.2) is 4.79 Å². The fraction of sp³-hybridized carbons (Fsp3) is 0.909. The molecule has 0 aromatic carbocycles. The van der Waals surface area contributed by atoms with E-state index in [-0.39, 0.29) is 16.9 Å². The lowest BCUT2D eigenvalue weighted by Gasteiger charge is -2.64. The van der Waals surface area contributed by atoms with E-state index >= 15 is 0 Å². The Labute approximate surface area is 90.6 Å². The summed E-state index contributed by atoms with van der Waals surface area (Å²) in [6.45, 7) is 9.21. The van der Waals surface area contributed by atoms with Crippen molar-refractivity contribution in [2.24, 2.45) is 10.8 Å². The number of fused-ring (bicyclic) bond motifs is 1. The monoisotopic (exact) mass is 212 g/mol. The van der Waals surface area contributed by atoms with Gasteiger partial charge in [0.2, 0.25) is 0 Å². The highest BCUT2D eigenvalue weighted by molar-refractivity contribution is 5.67. The first-order valence-electron chi connectivity index (χ1n) is 5.59. The molecule has 4 nitrogen and oxygen atoms in total. The van der Waals surface area contributed by atoms with Crippen molar-refractivity contribution in [2.75, 3.05) is 19.6 Å². The molecule has 2 atom stereocenters. The van der Waals surface area contributed by atoms with Gasteiger partial charge in [0.15, 0.2) is 0 Å². The number of amides is 1. The summed E-state index contributed by atoms with van der Waals surface area (Å²) < 4.78 is 0. The van der Waals surface area contributed by atoms with E-state index in [2.05, 4.69) is 26.1 Å². The molecule has 1 amide bonds. The Bertz CT molecular complexity index is 285. The van der Waals surface area contributed by atoms with Crippen molar-refractivity contribution in [1.82, 2.24) is 10.2 Å². The van der Waals surface area contributed by atoms with Crippen LogP contribution in [0.2, 0.25) is 0 Å². The van der Waals surface area contributed by atoms with Crippen molar-refractivity contribution in [3.05, 3.63) is 0 Å². The summed E-state index contributed by atoms with van der Waals surface area (Å²) in [6.07, 6.45) is 0.314. The Morgan fingerprint density at radius 2 is 2.20 bits per heavy atom. The maximum Gasteiger partial charge on any atom is 0.407 e. The maximum atomic E-state index is 11.0. The van der Waals surface area contributed by atoms with E-state index in [9.17, 15) is 4.79 Å². The molecule has 0 spiro atoms. The molecule has 0 saturated carbocycles. The van der Waals surface area contributed by atoms with Gasteiger partial charge < -0.3 is 15.3 Å². The highest BCUT2D eigenvalue weighted by Gasteiger charge is 2.60. The lowest BCUT2D eigenvalue weighted by Crippen LogP contribution is -2.75. The molecule has 2 N–H and O–H groups in total. The summed E-state index contributed by atoms with van der Waals surface area (Å²) >= 11 is 0. The summed E-state index contributed by atoms with van der Waals surface area (Å²) in [7, 11) is 0. The van der Waals surface area contributed by atoms with Gasteiger partial charge in [-0.2, -0.15) is 0 Å². The zero-order chi connectivity index (χ0) is 11.3. The van der Waals surface area contributed by atoms with Gasteiger partial charge in [0, 0.05) is 18.5 Å². The molecule has 0 aliphatic carbocycles. The van der Waals surface area contributed by atoms with Crippen molar-refractivity contribution in [3.63, 3.8) is 0 Å². The molecule has 2 heterocycles. The van der Waals surface area contributed by atoms with Crippen LogP contribution in [0.15, 0.2) is 0 Å². The number of carboxylic acid groups (broad SMARTS) is 1. The molecule has 15 heavy (non-hydrogen) atoms. The van der Waals surface area contributed by atoms with E-state index in [1.807, 2.05) is 0 Å². The normalized spacial score (nSPS) is 35.7. The number of hydrogen-bond donors (Lipinski definition) is 2. The molecular weight excluding hydrogens is 192 g/mol. The third-order valence-corrected chi connectivity index (χ3v) is 4.29. The first kappa shape index (κ1) is 10.7. The summed E-state index contributed by atoms with van der Waals surface area (Å²) in [5, 5.41) is 12.3.